The zero-order chi connectivity index (χ0) is 15.3. The minimum atomic E-state index is -3.35. The Morgan fingerprint density at radius 3 is 2.57 bits per heavy atom. The van der Waals surface area contributed by atoms with Crippen LogP contribution in [-0.4, -0.2) is 28.1 Å². The molecule has 0 saturated heterocycles. The van der Waals surface area contributed by atoms with E-state index in [0.717, 1.165) is 38.6 Å². The van der Waals surface area contributed by atoms with Crippen molar-refractivity contribution in [3.05, 3.63) is 29.8 Å². The van der Waals surface area contributed by atoms with Crippen LogP contribution in [0, 0.1) is 5.92 Å². The number of aryl methyl sites for hydroxylation is 1. The summed E-state index contributed by atoms with van der Waals surface area (Å²) < 4.78 is 27.4. The number of nitrogens with one attached hydrogen (secondary N) is 2. The van der Waals surface area contributed by atoms with Gasteiger partial charge in [0.15, 0.2) is 0 Å². The molecule has 2 unspecified atom stereocenters. The molecule has 1 aliphatic rings. The summed E-state index contributed by atoms with van der Waals surface area (Å²) in [6.07, 6.45) is 5.23. The Morgan fingerprint density at radius 2 is 1.95 bits per heavy atom. The molecule has 0 radical (unpaired) electrons. The minimum Gasteiger partial charge on any atom is -0.320 e. The Kier molecular flexibility index (Phi) is 5.79. The monoisotopic (exact) mass is 310 g/mol. The highest BCUT2D eigenvalue weighted by molar-refractivity contribution is 7.89. The van der Waals surface area contributed by atoms with Crippen molar-refractivity contribution < 1.29 is 8.42 Å². The standard InChI is InChI=1S/C16H26N2O2S/c1-3-5-14-12-16(14)18-21(19,20)15-9-7-13(8-10-15)6-4-11-17-2/h7-10,14,16-18H,3-6,11-12H2,1-2H3. The molecule has 2 rings (SSSR count). The van der Waals surface area contributed by atoms with Crippen LogP contribution in [0.3, 0.4) is 0 Å². The zero-order valence-corrected chi connectivity index (χ0v) is 13.7. The summed E-state index contributed by atoms with van der Waals surface area (Å²) in [4.78, 5) is 0.377. The molecule has 0 heterocycles. The zero-order valence-electron chi connectivity index (χ0n) is 12.9. The van der Waals surface area contributed by atoms with Crippen molar-refractivity contribution in [2.24, 2.45) is 5.92 Å². The van der Waals surface area contributed by atoms with Gasteiger partial charge in [0.25, 0.3) is 0 Å². The summed E-state index contributed by atoms with van der Waals surface area (Å²) in [5.74, 6) is 0.533. The number of sulfonamides is 1. The van der Waals surface area contributed by atoms with Crippen molar-refractivity contribution in [1.29, 1.82) is 0 Å². The molecular formula is C16H26N2O2S. The molecule has 1 aliphatic carbocycles. The Morgan fingerprint density at radius 1 is 1.24 bits per heavy atom. The second kappa shape index (κ2) is 7.38. The topological polar surface area (TPSA) is 58.2 Å². The minimum absolute atomic E-state index is 0.144. The largest absolute Gasteiger partial charge is 0.320 e. The highest BCUT2D eigenvalue weighted by Crippen LogP contribution is 2.35. The summed E-state index contributed by atoms with van der Waals surface area (Å²) in [6.45, 7) is 3.11. The lowest BCUT2D eigenvalue weighted by molar-refractivity contribution is 0.573. The molecule has 21 heavy (non-hydrogen) atoms. The molecule has 0 amide bonds. The molecule has 2 atom stereocenters. The van der Waals surface area contributed by atoms with Crippen LogP contribution in [-0.2, 0) is 16.4 Å². The predicted octanol–water partition coefficient (Wildman–Crippen LogP) is 2.31. The summed E-state index contributed by atoms with van der Waals surface area (Å²) in [5, 5.41) is 3.11. The van der Waals surface area contributed by atoms with E-state index in [1.54, 1.807) is 12.1 Å². The first kappa shape index (κ1) is 16.5. The van der Waals surface area contributed by atoms with E-state index in [-0.39, 0.29) is 6.04 Å². The van der Waals surface area contributed by atoms with Crippen molar-refractivity contribution in [3.8, 4) is 0 Å². The normalized spacial score (nSPS) is 21.4. The Bertz CT molecular complexity index is 540. The van der Waals surface area contributed by atoms with Crippen LogP contribution in [0.2, 0.25) is 0 Å². The molecule has 0 aliphatic heterocycles. The van der Waals surface area contributed by atoms with Crippen LogP contribution in [0.4, 0.5) is 0 Å². The fraction of sp³-hybridized carbons (Fsp3) is 0.625. The van der Waals surface area contributed by atoms with Gasteiger partial charge >= 0.3 is 0 Å². The van der Waals surface area contributed by atoms with E-state index in [1.807, 2.05) is 19.2 Å². The van der Waals surface area contributed by atoms with Gasteiger partial charge in [0, 0.05) is 6.04 Å². The Labute approximate surface area is 128 Å². The molecule has 1 saturated carbocycles. The van der Waals surface area contributed by atoms with Crippen LogP contribution < -0.4 is 10.0 Å². The van der Waals surface area contributed by atoms with Crippen molar-refractivity contribution in [1.82, 2.24) is 10.0 Å². The summed E-state index contributed by atoms with van der Waals surface area (Å²) in [7, 11) is -1.42. The van der Waals surface area contributed by atoms with Crippen LogP contribution in [0.15, 0.2) is 29.2 Å². The molecule has 5 heteroatoms. The number of rotatable bonds is 9. The van der Waals surface area contributed by atoms with E-state index in [2.05, 4.69) is 17.0 Å². The molecule has 4 nitrogen and oxygen atoms in total. The van der Waals surface area contributed by atoms with Gasteiger partial charge in [-0.1, -0.05) is 25.5 Å². The van der Waals surface area contributed by atoms with Gasteiger partial charge in [-0.25, -0.2) is 13.1 Å². The predicted molar refractivity (Wildman–Crippen MR) is 85.8 cm³/mol. The smallest absolute Gasteiger partial charge is 0.240 e. The number of benzene rings is 1. The van der Waals surface area contributed by atoms with Gasteiger partial charge in [-0.2, -0.15) is 0 Å². The molecule has 1 aromatic rings. The van der Waals surface area contributed by atoms with Crippen LogP contribution in [0.5, 0.6) is 0 Å². The van der Waals surface area contributed by atoms with Gasteiger partial charge in [-0.15, -0.1) is 0 Å². The lowest BCUT2D eigenvalue weighted by atomic mass is 10.1. The molecule has 118 valence electrons. The van der Waals surface area contributed by atoms with E-state index >= 15 is 0 Å². The van der Waals surface area contributed by atoms with Gasteiger partial charge in [0.1, 0.15) is 0 Å². The van der Waals surface area contributed by atoms with Crippen molar-refractivity contribution >= 4 is 10.0 Å². The highest BCUT2D eigenvalue weighted by Gasteiger charge is 2.39. The summed E-state index contributed by atoms with van der Waals surface area (Å²) >= 11 is 0. The lowest BCUT2D eigenvalue weighted by Crippen LogP contribution is -2.27. The van der Waals surface area contributed by atoms with E-state index in [0.29, 0.717) is 10.8 Å². The number of hydrogen-bond donors (Lipinski definition) is 2. The average Bonchev–Trinajstić information content (AvgIpc) is 3.17. The quantitative estimate of drug-likeness (QED) is 0.688. The molecule has 0 spiro atoms. The fourth-order valence-corrected chi connectivity index (χ4v) is 3.97. The van der Waals surface area contributed by atoms with Crippen molar-refractivity contribution in [2.45, 2.75) is 50.0 Å². The SMILES string of the molecule is CCCC1CC1NS(=O)(=O)c1ccc(CCCNC)cc1. The maximum atomic E-state index is 12.3. The summed E-state index contributed by atoms with van der Waals surface area (Å²) in [5.41, 5.74) is 1.18. The van der Waals surface area contributed by atoms with Crippen molar-refractivity contribution in [2.75, 3.05) is 13.6 Å². The second-order valence-electron chi connectivity index (χ2n) is 5.86. The van der Waals surface area contributed by atoms with E-state index in [9.17, 15) is 8.42 Å². The Hall–Kier alpha value is -0.910. The van der Waals surface area contributed by atoms with Gasteiger partial charge in [0.2, 0.25) is 10.0 Å². The summed E-state index contributed by atoms with van der Waals surface area (Å²) in [6, 6.07) is 7.41. The van der Waals surface area contributed by atoms with Crippen LogP contribution >= 0.6 is 0 Å². The molecular weight excluding hydrogens is 284 g/mol. The highest BCUT2D eigenvalue weighted by atomic mass is 32.2. The first-order valence-electron chi connectivity index (χ1n) is 7.82. The molecule has 2 N–H and O–H groups in total. The van der Waals surface area contributed by atoms with E-state index in [4.69, 9.17) is 0 Å². The first-order valence-corrected chi connectivity index (χ1v) is 9.31. The third kappa shape index (κ3) is 4.80. The maximum absolute atomic E-state index is 12.3. The third-order valence-corrected chi connectivity index (χ3v) is 5.52. The van der Waals surface area contributed by atoms with Gasteiger partial charge in [0.05, 0.1) is 4.90 Å². The van der Waals surface area contributed by atoms with Crippen molar-refractivity contribution in [3.63, 3.8) is 0 Å². The second-order valence-corrected chi connectivity index (χ2v) is 7.58. The Balaban J connectivity index is 1.91. The van der Waals surface area contributed by atoms with Gasteiger partial charge < -0.3 is 5.32 Å². The van der Waals surface area contributed by atoms with Gasteiger partial charge in [-0.3, -0.25) is 0 Å². The lowest BCUT2D eigenvalue weighted by Gasteiger charge is -2.07. The molecule has 1 aromatic carbocycles. The fourth-order valence-electron chi connectivity index (χ4n) is 2.65. The molecule has 1 fully saturated rings. The molecule has 0 bridgehead atoms. The third-order valence-electron chi connectivity index (χ3n) is 4.01. The average molecular weight is 310 g/mol. The maximum Gasteiger partial charge on any atom is 0.240 e. The number of hydrogen-bond acceptors (Lipinski definition) is 3. The van der Waals surface area contributed by atoms with Crippen LogP contribution in [0.1, 0.15) is 38.2 Å². The van der Waals surface area contributed by atoms with Gasteiger partial charge in [-0.05, 0) is 62.9 Å². The van der Waals surface area contributed by atoms with E-state index in [1.165, 1.54) is 5.56 Å². The van der Waals surface area contributed by atoms with E-state index < -0.39 is 10.0 Å². The first-order chi connectivity index (χ1) is 10.1. The van der Waals surface area contributed by atoms with Crippen LogP contribution in [0.25, 0.3) is 0 Å². The molecule has 0 aromatic heterocycles.